The quantitative estimate of drug-likeness (QED) is 0.783. The molecule has 1 fully saturated rings. The lowest BCUT2D eigenvalue weighted by Gasteiger charge is -2.24. The fourth-order valence-corrected chi connectivity index (χ4v) is 3.26. The smallest absolute Gasteiger partial charge is 0.260 e. The van der Waals surface area contributed by atoms with E-state index in [0.29, 0.717) is 17.3 Å². The third-order valence-corrected chi connectivity index (χ3v) is 4.77. The first-order valence-electron chi connectivity index (χ1n) is 8.59. The predicted molar refractivity (Wildman–Crippen MR) is 101 cm³/mol. The van der Waals surface area contributed by atoms with Crippen LogP contribution in [0, 0.1) is 0 Å². The molecule has 0 saturated carbocycles. The van der Waals surface area contributed by atoms with Gasteiger partial charge in [0.1, 0.15) is 5.75 Å². The molecule has 4 nitrogen and oxygen atoms in total. The Hall–Kier alpha value is -2.20. The summed E-state index contributed by atoms with van der Waals surface area (Å²) in [7, 11) is 1.80. The molecule has 25 heavy (non-hydrogen) atoms. The molecule has 0 aromatic heterocycles. The van der Waals surface area contributed by atoms with Gasteiger partial charge in [-0.05, 0) is 36.6 Å². The average Bonchev–Trinajstić information content (AvgIpc) is 3.15. The number of hydrogen-bond donors (Lipinski definition) is 0. The van der Waals surface area contributed by atoms with Crippen LogP contribution in [-0.4, -0.2) is 37.6 Å². The molecular formula is C20H23ClN2O2. The Morgan fingerprint density at radius 3 is 2.56 bits per heavy atom. The number of rotatable bonds is 6. The molecule has 1 amide bonds. The number of halogens is 1. The van der Waals surface area contributed by atoms with E-state index < -0.39 is 0 Å². The zero-order chi connectivity index (χ0) is 17.6. The van der Waals surface area contributed by atoms with E-state index in [-0.39, 0.29) is 12.5 Å². The number of ether oxygens (including phenoxy) is 1. The molecule has 2 aromatic carbocycles. The molecule has 0 atom stereocenters. The Bertz CT molecular complexity index is 729. The molecule has 1 saturated heterocycles. The van der Waals surface area contributed by atoms with E-state index in [1.165, 1.54) is 18.5 Å². The van der Waals surface area contributed by atoms with Gasteiger partial charge in [0.2, 0.25) is 0 Å². The third-order valence-electron chi connectivity index (χ3n) is 4.46. The van der Waals surface area contributed by atoms with E-state index in [1.54, 1.807) is 24.1 Å². The molecular weight excluding hydrogens is 336 g/mol. The molecule has 1 aliphatic heterocycles. The SMILES string of the molecule is CN(Cc1ccccc1N1CCCC1)C(=O)COc1ccccc1Cl. The fraction of sp³-hybridized carbons (Fsp3) is 0.350. The van der Waals surface area contributed by atoms with Crippen LogP contribution in [0.5, 0.6) is 5.75 Å². The Morgan fingerprint density at radius 2 is 1.80 bits per heavy atom. The molecule has 0 radical (unpaired) electrons. The van der Waals surface area contributed by atoms with Crippen molar-refractivity contribution in [1.29, 1.82) is 0 Å². The highest BCUT2D eigenvalue weighted by molar-refractivity contribution is 6.32. The zero-order valence-electron chi connectivity index (χ0n) is 14.5. The minimum Gasteiger partial charge on any atom is -0.482 e. The number of likely N-dealkylation sites (N-methyl/N-ethyl adjacent to an activating group) is 1. The van der Waals surface area contributed by atoms with Crippen LogP contribution < -0.4 is 9.64 Å². The number of carbonyl (C=O) groups excluding carboxylic acids is 1. The van der Waals surface area contributed by atoms with Crippen molar-refractivity contribution in [3.63, 3.8) is 0 Å². The van der Waals surface area contributed by atoms with Gasteiger partial charge in [-0.1, -0.05) is 41.9 Å². The molecule has 3 rings (SSSR count). The Balaban J connectivity index is 1.61. The van der Waals surface area contributed by atoms with Crippen molar-refractivity contribution in [2.75, 3.05) is 31.6 Å². The number of benzene rings is 2. The topological polar surface area (TPSA) is 32.8 Å². The lowest BCUT2D eigenvalue weighted by Crippen LogP contribution is -2.31. The summed E-state index contributed by atoms with van der Waals surface area (Å²) in [5.41, 5.74) is 2.39. The van der Waals surface area contributed by atoms with Crippen molar-refractivity contribution < 1.29 is 9.53 Å². The molecule has 0 unspecified atom stereocenters. The van der Waals surface area contributed by atoms with Crippen molar-refractivity contribution in [1.82, 2.24) is 4.90 Å². The van der Waals surface area contributed by atoms with Crippen molar-refractivity contribution in [2.45, 2.75) is 19.4 Å². The number of anilines is 1. The van der Waals surface area contributed by atoms with Gasteiger partial charge in [0.15, 0.2) is 6.61 Å². The van der Waals surface area contributed by atoms with E-state index in [1.807, 2.05) is 18.2 Å². The van der Waals surface area contributed by atoms with Gasteiger partial charge in [-0.3, -0.25) is 4.79 Å². The highest BCUT2D eigenvalue weighted by Gasteiger charge is 2.18. The summed E-state index contributed by atoms with van der Waals surface area (Å²) in [6.07, 6.45) is 2.46. The first-order chi connectivity index (χ1) is 12.1. The molecule has 1 heterocycles. The van der Waals surface area contributed by atoms with Crippen LogP contribution >= 0.6 is 11.6 Å². The van der Waals surface area contributed by atoms with Crippen LogP contribution in [0.2, 0.25) is 5.02 Å². The Kier molecular flexibility index (Phi) is 5.82. The first kappa shape index (κ1) is 17.6. The second-order valence-electron chi connectivity index (χ2n) is 6.29. The largest absolute Gasteiger partial charge is 0.482 e. The molecule has 0 N–H and O–H groups in total. The lowest BCUT2D eigenvalue weighted by atomic mass is 10.1. The third kappa shape index (κ3) is 4.45. The van der Waals surface area contributed by atoms with E-state index in [9.17, 15) is 4.79 Å². The molecule has 0 aliphatic carbocycles. The molecule has 1 aliphatic rings. The monoisotopic (exact) mass is 358 g/mol. The van der Waals surface area contributed by atoms with E-state index in [4.69, 9.17) is 16.3 Å². The highest BCUT2D eigenvalue weighted by atomic mass is 35.5. The second kappa shape index (κ2) is 8.26. The first-order valence-corrected chi connectivity index (χ1v) is 8.97. The van der Waals surface area contributed by atoms with Crippen LogP contribution in [0.15, 0.2) is 48.5 Å². The summed E-state index contributed by atoms with van der Waals surface area (Å²) in [6.45, 7) is 2.72. The van der Waals surface area contributed by atoms with E-state index in [0.717, 1.165) is 18.7 Å². The van der Waals surface area contributed by atoms with Crippen LogP contribution in [0.4, 0.5) is 5.69 Å². The number of hydrogen-bond acceptors (Lipinski definition) is 3. The molecule has 5 heteroatoms. The number of para-hydroxylation sites is 2. The van der Waals surface area contributed by atoms with Gasteiger partial charge >= 0.3 is 0 Å². The average molecular weight is 359 g/mol. The summed E-state index contributed by atoms with van der Waals surface area (Å²) in [6, 6.07) is 15.5. The van der Waals surface area contributed by atoms with Gasteiger partial charge < -0.3 is 14.5 Å². The maximum Gasteiger partial charge on any atom is 0.260 e. The Labute approximate surface area is 154 Å². The molecule has 0 bridgehead atoms. The van der Waals surface area contributed by atoms with Crippen LogP contribution in [0.3, 0.4) is 0 Å². The minimum atomic E-state index is -0.0730. The van der Waals surface area contributed by atoms with Crippen LogP contribution in [0.1, 0.15) is 18.4 Å². The van der Waals surface area contributed by atoms with Gasteiger partial charge in [0.05, 0.1) is 5.02 Å². The number of carbonyl (C=O) groups is 1. The summed E-state index contributed by atoms with van der Waals surface area (Å²) in [5.74, 6) is 0.458. The van der Waals surface area contributed by atoms with Crippen LogP contribution in [-0.2, 0) is 11.3 Å². The summed E-state index contributed by atoms with van der Waals surface area (Å²) >= 11 is 6.06. The summed E-state index contributed by atoms with van der Waals surface area (Å²) in [4.78, 5) is 16.5. The van der Waals surface area contributed by atoms with Crippen LogP contribution in [0.25, 0.3) is 0 Å². The maximum atomic E-state index is 12.4. The van der Waals surface area contributed by atoms with Gasteiger partial charge in [-0.25, -0.2) is 0 Å². The number of amides is 1. The van der Waals surface area contributed by atoms with Crippen molar-refractivity contribution in [3.8, 4) is 5.75 Å². The van der Waals surface area contributed by atoms with E-state index in [2.05, 4.69) is 23.1 Å². The van der Waals surface area contributed by atoms with Gasteiger partial charge in [-0.2, -0.15) is 0 Å². The summed E-state index contributed by atoms with van der Waals surface area (Å²) in [5, 5.41) is 0.511. The fourth-order valence-electron chi connectivity index (χ4n) is 3.07. The Morgan fingerprint density at radius 1 is 1.12 bits per heavy atom. The van der Waals surface area contributed by atoms with Gasteiger partial charge in [0.25, 0.3) is 5.91 Å². The molecule has 0 spiro atoms. The van der Waals surface area contributed by atoms with Gasteiger partial charge in [0, 0.05) is 32.4 Å². The minimum absolute atomic E-state index is 0.0217. The standard InChI is InChI=1S/C20H23ClN2O2/c1-22(20(24)15-25-19-11-5-3-9-17(19)21)14-16-8-2-4-10-18(16)23-12-6-7-13-23/h2-5,8-11H,6-7,12-15H2,1H3. The number of nitrogens with zero attached hydrogens (tertiary/aromatic N) is 2. The van der Waals surface area contributed by atoms with Gasteiger partial charge in [-0.15, -0.1) is 0 Å². The van der Waals surface area contributed by atoms with E-state index >= 15 is 0 Å². The molecule has 2 aromatic rings. The highest BCUT2D eigenvalue weighted by Crippen LogP contribution is 2.26. The van der Waals surface area contributed by atoms with Crippen molar-refractivity contribution in [3.05, 3.63) is 59.1 Å². The normalized spacial score (nSPS) is 13.8. The lowest BCUT2D eigenvalue weighted by molar-refractivity contribution is -0.132. The predicted octanol–water partition coefficient (Wildman–Crippen LogP) is 3.98. The molecule has 132 valence electrons. The van der Waals surface area contributed by atoms with Crippen molar-refractivity contribution in [2.24, 2.45) is 0 Å². The van der Waals surface area contributed by atoms with Crippen molar-refractivity contribution >= 4 is 23.2 Å². The zero-order valence-corrected chi connectivity index (χ0v) is 15.2. The second-order valence-corrected chi connectivity index (χ2v) is 6.70. The summed E-state index contributed by atoms with van der Waals surface area (Å²) < 4.78 is 5.55. The maximum absolute atomic E-state index is 12.4.